The second-order valence-electron chi connectivity index (χ2n) is 6.31. The van der Waals surface area contributed by atoms with Crippen LogP contribution in [0.25, 0.3) is 10.2 Å². The number of carbonyl (C=O) groups is 1. The molecule has 4 rings (SSSR count). The Morgan fingerprint density at radius 2 is 1.93 bits per heavy atom. The molecular formula is C18H17ClN4O3S2. The van der Waals surface area contributed by atoms with Gasteiger partial charge >= 0.3 is 6.03 Å². The highest BCUT2D eigenvalue weighted by Crippen LogP contribution is 2.27. The number of benzene rings is 2. The molecule has 2 amide bonds. The van der Waals surface area contributed by atoms with Crippen LogP contribution in [0.1, 0.15) is 12.8 Å². The van der Waals surface area contributed by atoms with Gasteiger partial charge in [-0.05, 0) is 49.2 Å². The summed E-state index contributed by atoms with van der Waals surface area (Å²) in [6.07, 6.45) is 0.592. The highest BCUT2D eigenvalue weighted by atomic mass is 35.5. The molecule has 1 aliphatic rings. The van der Waals surface area contributed by atoms with Gasteiger partial charge in [0.2, 0.25) is 10.0 Å². The summed E-state index contributed by atoms with van der Waals surface area (Å²) in [4.78, 5) is 16.9. The Morgan fingerprint density at radius 1 is 1.18 bits per heavy atom. The smallest absolute Gasteiger partial charge is 0.321 e. The van der Waals surface area contributed by atoms with Crippen molar-refractivity contribution in [1.82, 2.24) is 14.6 Å². The van der Waals surface area contributed by atoms with Crippen molar-refractivity contribution in [3.63, 3.8) is 0 Å². The number of aromatic nitrogens is 1. The molecule has 3 aromatic rings. The van der Waals surface area contributed by atoms with Crippen molar-refractivity contribution in [1.29, 1.82) is 0 Å². The number of thiazole rings is 1. The van der Waals surface area contributed by atoms with Gasteiger partial charge in [-0.15, -0.1) is 0 Å². The van der Waals surface area contributed by atoms with Gasteiger partial charge in [-0.3, -0.25) is 5.32 Å². The zero-order valence-electron chi connectivity index (χ0n) is 14.6. The third-order valence-electron chi connectivity index (χ3n) is 4.44. The minimum atomic E-state index is -3.72. The first-order valence-corrected chi connectivity index (χ1v) is 11.3. The number of amides is 2. The van der Waals surface area contributed by atoms with Crippen LogP contribution in [0.2, 0.25) is 5.02 Å². The molecule has 0 aliphatic carbocycles. The third-order valence-corrected chi connectivity index (χ3v) is 7.56. The molecule has 2 aromatic carbocycles. The van der Waals surface area contributed by atoms with Crippen molar-refractivity contribution < 1.29 is 13.2 Å². The fourth-order valence-electron chi connectivity index (χ4n) is 3.12. The Bertz CT molecular complexity index is 1080. The van der Waals surface area contributed by atoms with E-state index in [0.717, 1.165) is 10.2 Å². The second kappa shape index (κ2) is 7.67. The van der Waals surface area contributed by atoms with Crippen LogP contribution >= 0.6 is 22.9 Å². The molecular weight excluding hydrogens is 420 g/mol. The lowest BCUT2D eigenvalue weighted by molar-refractivity contribution is 0.240. The first-order valence-electron chi connectivity index (χ1n) is 8.64. The average Bonchev–Trinajstić information content (AvgIpc) is 3.28. The van der Waals surface area contributed by atoms with Crippen molar-refractivity contribution >= 4 is 54.3 Å². The van der Waals surface area contributed by atoms with Crippen molar-refractivity contribution in [2.24, 2.45) is 0 Å². The van der Waals surface area contributed by atoms with Gasteiger partial charge in [-0.2, -0.15) is 4.31 Å². The number of carbonyl (C=O) groups excluding carboxylic acids is 1. The number of nitrogens with one attached hydrogen (secondary N) is 2. The molecule has 0 bridgehead atoms. The highest BCUT2D eigenvalue weighted by Gasteiger charge is 2.36. The number of sulfonamides is 1. The van der Waals surface area contributed by atoms with Crippen LogP contribution < -0.4 is 10.6 Å². The molecule has 1 aromatic heterocycles. The highest BCUT2D eigenvalue weighted by molar-refractivity contribution is 7.89. The van der Waals surface area contributed by atoms with E-state index in [1.54, 1.807) is 0 Å². The minimum absolute atomic E-state index is 0.150. The molecule has 7 nitrogen and oxygen atoms in total. The SMILES string of the molecule is O=C(Nc1nc2ccccc2s1)N[C@H]1CCCN1S(=O)(=O)c1ccc(Cl)cc1. The van der Waals surface area contributed by atoms with Gasteiger partial charge in [0.15, 0.2) is 5.13 Å². The summed E-state index contributed by atoms with van der Waals surface area (Å²) in [5.41, 5.74) is 0.801. The fourth-order valence-corrected chi connectivity index (χ4v) is 5.72. The van der Waals surface area contributed by atoms with Crippen molar-refractivity contribution in [2.75, 3.05) is 11.9 Å². The number of urea groups is 1. The molecule has 28 heavy (non-hydrogen) atoms. The normalized spacial score (nSPS) is 17.7. The van der Waals surface area contributed by atoms with Crippen molar-refractivity contribution in [3.8, 4) is 0 Å². The lowest BCUT2D eigenvalue weighted by Gasteiger charge is -2.24. The summed E-state index contributed by atoms with van der Waals surface area (Å²) in [5.74, 6) is 0. The third kappa shape index (κ3) is 3.83. The molecule has 0 spiro atoms. The minimum Gasteiger partial charge on any atom is -0.321 e. The number of para-hydroxylation sites is 1. The van der Waals surface area contributed by atoms with E-state index in [1.165, 1.54) is 39.9 Å². The Hall–Kier alpha value is -2.20. The lowest BCUT2D eigenvalue weighted by atomic mass is 10.3. The number of nitrogens with zero attached hydrogens (tertiary/aromatic N) is 2. The van der Waals surface area contributed by atoms with Gasteiger partial charge in [-0.1, -0.05) is 35.1 Å². The van der Waals surface area contributed by atoms with Crippen LogP contribution in [0.4, 0.5) is 9.93 Å². The summed E-state index contributed by atoms with van der Waals surface area (Å²) < 4.78 is 28.1. The summed E-state index contributed by atoms with van der Waals surface area (Å²) in [6, 6.07) is 13.1. The topological polar surface area (TPSA) is 91.4 Å². The van der Waals surface area contributed by atoms with Crippen LogP contribution in [0, 0.1) is 0 Å². The zero-order chi connectivity index (χ0) is 19.7. The van der Waals surface area contributed by atoms with Crippen LogP contribution in [-0.2, 0) is 10.0 Å². The van der Waals surface area contributed by atoms with E-state index in [1.807, 2.05) is 24.3 Å². The lowest BCUT2D eigenvalue weighted by Crippen LogP contribution is -2.48. The fraction of sp³-hybridized carbons (Fsp3) is 0.222. The molecule has 2 heterocycles. The summed E-state index contributed by atoms with van der Waals surface area (Å²) in [7, 11) is -3.72. The zero-order valence-corrected chi connectivity index (χ0v) is 17.0. The Balaban J connectivity index is 1.47. The average molecular weight is 437 g/mol. The molecule has 146 valence electrons. The summed E-state index contributed by atoms with van der Waals surface area (Å²) in [6.45, 7) is 0.344. The molecule has 1 saturated heterocycles. The molecule has 10 heteroatoms. The van der Waals surface area contributed by atoms with Crippen LogP contribution in [0.3, 0.4) is 0 Å². The summed E-state index contributed by atoms with van der Waals surface area (Å²) >= 11 is 7.21. The van der Waals surface area contributed by atoms with E-state index in [0.29, 0.717) is 29.5 Å². The number of rotatable bonds is 4. The molecule has 0 unspecified atom stereocenters. The Labute approximate surface area is 171 Å². The molecule has 1 fully saturated rings. The molecule has 0 saturated carbocycles. The maximum Gasteiger partial charge on any atom is 0.322 e. The van der Waals surface area contributed by atoms with Crippen LogP contribution in [0.15, 0.2) is 53.4 Å². The van der Waals surface area contributed by atoms with E-state index in [9.17, 15) is 13.2 Å². The van der Waals surface area contributed by atoms with Gasteiger partial charge < -0.3 is 5.32 Å². The number of hydrogen-bond donors (Lipinski definition) is 2. The van der Waals surface area contributed by atoms with Crippen molar-refractivity contribution in [2.45, 2.75) is 23.9 Å². The van der Waals surface area contributed by atoms with Gasteiger partial charge in [0.25, 0.3) is 0 Å². The standard InChI is InChI=1S/C18H17ClN4O3S2/c19-12-7-9-13(10-8-12)28(25,26)23-11-3-6-16(23)21-17(24)22-18-20-14-4-1-2-5-15(14)27-18/h1-2,4-5,7-10,16H,3,6,11H2,(H2,20,21,22,24)/t16-/m1/s1. The largest absolute Gasteiger partial charge is 0.322 e. The maximum atomic E-state index is 12.9. The van der Waals surface area contributed by atoms with E-state index in [4.69, 9.17) is 11.6 Å². The predicted octanol–water partition coefficient (Wildman–Crippen LogP) is 3.88. The molecule has 1 atom stereocenters. The predicted molar refractivity (Wildman–Crippen MR) is 110 cm³/mol. The first-order chi connectivity index (χ1) is 13.4. The van der Waals surface area contributed by atoms with Crippen molar-refractivity contribution in [3.05, 3.63) is 53.6 Å². The number of halogens is 1. The van der Waals surface area contributed by atoms with E-state index in [2.05, 4.69) is 15.6 Å². The van der Waals surface area contributed by atoms with Gasteiger partial charge in [0.05, 0.1) is 21.3 Å². The van der Waals surface area contributed by atoms with E-state index >= 15 is 0 Å². The van der Waals surface area contributed by atoms with E-state index < -0.39 is 22.2 Å². The number of fused-ring (bicyclic) bond motifs is 1. The number of hydrogen-bond acceptors (Lipinski definition) is 5. The van der Waals surface area contributed by atoms with Gasteiger partial charge in [-0.25, -0.2) is 18.2 Å². The van der Waals surface area contributed by atoms with Gasteiger partial charge in [0.1, 0.15) is 0 Å². The van der Waals surface area contributed by atoms with Crippen LogP contribution in [0.5, 0.6) is 0 Å². The summed E-state index contributed by atoms with van der Waals surface area (Å²) in [5, 5.41) is 6.37. The maximum absolute atomic E-state index is 12.9. The second-order valence-corrected chi connectivity index (χ2v) is 9.67. The number of anilines is 1. The quantitative estimate of drug-likeness (QED) is 0.649. The molecule has 2 N–H and O–H groups in total. The Morgan fingerprint density at radius 3 is 2.68 bits per heavy atom. The monoisotopic (exact) mass is 436 g/mol. The Kier molecular flexibility index (Phi) is 5.24. The van der Waals surface area contributed by atoms with Gasteiger partial charge in [0, 0.05) is 11.6 Å². The molecule has 0 radical (unpaired) electrons. The molecule has 1 aliphatic heterocycles. The first kappa shape index (κ1) is 19.1. The van der Waals surface area contributed by atoms with E-state index in [-0.39, 0.29) is 4.90 Å². The van der Waals surface area contributed by atoms with Crippen LogP contribution in [-0.4, -0.2) is 36.4 Å².